The van der Waals surface area contributed by atoms with Crippen LogP contribution in [-0.4, -0.2) is 21.2 Å². The van der Waals surface area contributed by atoms with Crippen LogP contribution < -0.4 is 0 Å². The zero-order valence-corrected chi connectivity index (χ0v) is 8.04. The molecule has 0 atom stereocenters. The van der Waals surface area contributed by atoms with Crippen LogP contribution in [0.2, 0.25) is 0 Å². The van der Waals surface area contributed by atoms with Crippen molar-refractivity contribution in [1.82, 2.24) is 10.1 Å². The Labute approximate surface area is 83.0 Å². The van der Waals surface area contributed by atoms with Gasteiger partial charge >= 0.3 is 11.9 Å². The highest BCUT2D eigenvalue weighted by Crippen LogP contribution is 2.24. The van der Waals surface area contributed by atoms with Gasteiger partial charge in [0.05, 0.1) is 4.88 Å². The van der Waals surface area contributed by atoms with Crippen LogP contribution in [0.4, 0.5) is 0 Å². The maximum absolute atomic E-state index is 10.5. The number of hydrogen-bond donors (Lipinski definition) is 1. The number of aromatic carboxylic acids is 1. The van der Waals surface area contributed by atoms with Gasteiger partial charge < -0.3 is 9.63 Å². The number of carboxylic acids is 1. The molecule has 1 N–H and O–H groups in total. The fourth-order valence-corrected chi connectivity index (χ4v) is 1.76. The zero-order chi connectivity index (χ0) is 10.1. The van der Waals surface area contributed by atoms with Crippen molar-refractivity contribution >= 4 is 17.3 Å². The minimum atomic E-state index is -1.21. The standard InChI is InChI=1S/C8H6N2O3S/c1-4-2-3-5(14-4)6-9-7(8(11)12)13-10-6/h2-3H,1H3,(H,11,12). The van der Waals surface area contributed by atoms with Crippen molar-refractivity contribution in [1.29, 1.82) is 0 Å². The average molecular weight is 210 g/mol. The van der Waals surface area contributed by atoms with Crippen molar-refractivity contribution in [3.63, 3.8) is 0 Å². The van der Waals surface area contributed by atoms with Gasteiger partial charge in [-0.1, -0.05) is 5.16 Å². The van der Waals surface area contributed by atoms with Crippen LogP contribution in [0.1, 0.15) is 15.6 Å². The molecular formula is C8H6N2O3S. The first-order valence-electron chi connectivity index (χ1n) is 3.80. The van der Waals surface area contributed by atoms with E-state index in [1.807, 2.05) is 19.1 Å². The van der Waals surface area contributed by atoms with Gasteiger partial charge in [0.2, 0.25) is 5.82 Å². The molecule has 2 aromatic heterocycles. The smallest absolute Gasteiger partial charge is 0.394 e. The van der Waals surface area contributed by atoms with Gasteiger partial charge in [-0.3, -0.25) is 0 Å². The fraction of sp³-hybridized carbons (Fsp3) is 0.125. The van der Waals surface area contributed by atoms with Crippen LogP contribution in [0.3, 0.4) is 0 Å². The fourth-order valence-electron chi connectivity index (χ4n) is 0.965. The van der Waals surface area contributed by atoms with Crippen LogP contribution in [0, 0.1) is 6.92 Å². The molecule has 0 radical (unpaired) electrons. The molecule has 0 aliphatic carbocycles. The maximum Gasteiger partial charge on any atom is 0.394 e. The predicted octanol–water partition coefficient (Wildman–Crippen LogP) is 1.80. The van der Waals surface area contributed by atoms with E-state index in [2.05, 4.69) is 14.7 Å². The number of carboxylic acid groups (broad SMARTS) is 1. The molecule has 0 bridgehead atoms. The van der Waals surface area contributed by atoms with Gasteiger partial charge in [0.1, 0.15) is 0 Å². The summed E-state index contributed by atoms with van der Waals surface area (Å²) < 4.78 is 4.54. The highest BCUT2D eigenvalue weighted by molar-refractivity contribution is 7.15. The van der Waals surface area contributed by atoms with Gasteiger partial charge in [-0.15, -0.1) is 11.3 Å². The Balaban J connectivity index is 2.38. The van der Waals surface area contributed by atoms with Crippen LogP contribution in [-0.2, 0) is 0 Å². The molecule has 0 aliphatic heterocycles. The van der Waals surface area contributed by atoms with E-state index in [0.717, 1.165) is 9.75 Å². The summed E-state index contributed by atoms with van der Waals surface area (Å²) in [6, 6.07) is 3.74. The summed E-state index contributed by atoms with van der Waals surface area (Å²) in [4.78, 5) is 16.1. The molecule has 0 saturated carbocycles. The topological polar surface area (TPSA) is 76.2 Å². The normalized spacial score (nSPS) is 10.4. The molecule has 0 aliphatic rings. The van der Waals surface area contributed by atoms with Crippen molar-refractivity contribution in [3.05, 3.63) is 22.9 Å². The van der Waals surface area contributed by atoms with Gasteiger partial charge in [-0.05, 0) is 19.1 Å². The highest BCUT2D eigenvalue weighted by atomic mass is 32.1. The molecular weight excluding hydrogens is 204 g/mol. The summed E-state index contributed by atoms with van der Waals surface area (Å²) in [5.74, 6) is -1.27. The summed E-state index contributed by atoms with van der Waals surface area (Å²) in [5.41, 5.74) is 0. The summed E-state index contributed by atoms with van der Waals surface area (Å²) in [7, 11) is 0. The SMILES string of the molecule is Cc1ccc(-c2noc(C(=O)O)n2)s1. The lowest BCUT2D eigenvalue weighted by Gasteiger charge is -1.82. The van der Waals surface area contributed by atoms with Gasteiger partial charge in [-0.25, -0.2) is 4.79 Å². The van der Waals surface area contributed by atoms with Crippen LogP contribution >= 0.6 is 11.3 Å². The molecule has 0 spiro atoms. The summed E-state index contributed by atoms with van der Waals surface area (Å²) in [5, 5.41) is 12.1. The molecule has 72 valence electrons. The zero-order valence-electron chi connectivity index (χ0n) is 7.22. The Morgan fingerprint density at radius 3 is 2.86 bits per heavy atom. The third kappa shape index (κ3) is 1.51. The van der Waals surface area contributed by atoms with E-state index in [9.17, 15) is 4.79 Å². The van der Waals surface area contributed by atoms with Crippen molar-refractivity contribution < 1.29 is 14.4 Å². The monoisotopic (exact) mass is 210 g/mol. The molecule has 2 aromatic rings. The second kappa shape index (κ2) is 3.22. The Kier molecular flexibility index (Phi) is 2.05. The number of nitrogens with zero attached hydrogens (tertiary/aromatic N) is 2. The Hall–Kier alpha value is -1.69. The first-order chi connectivity index (χ1) is 6.66. The minimum absolute atomic E-state index is 0.320. The quantitative estimate of drug-likeness (QED) is 0.817. The second-order valence-electron chi connectivity index (χ2n) is 2.64. The number of hydrogen-bond acceptors (Lipinski definition) is 5. The molecule has 0 unspecified atom stereocenters. The summed E-state index contributed by atoms with van der Waals surface area (Å²) in [6.45, 7) is 1.95. The van der Waals surface area contributed by atoms with Crippen LogP contribution in [0.15, 0.2) is 16.7 Å². The lowest BCUT2D eigenvalue weighted by Crippen LogP contribution is -1.95. The molecule has 0 amide bonds. The number of rotatable bonds is 2. The Bertz CT molecular complexity index is 474. The third-order valence-corrected chi connectivity index (χ3v) is 2.57. The summed E-state index contributed by atoms with van der Waals surface area (Å²) in [6.07, 6.45) is 0. The van der Waals surface area contributed by atoms with E-state index >= 15 is 0 Å². The van der Waals surface area contributed by atoms with Crippen molar-refractivity contribution in [3.8, 4) is 10.7 Å². The predicted molar refractivity (Wildman–Crippen MR) is 49.3 cm³/mol. The van der Waals surface area contributed by atoms with Gasteiger partial charge in [0.15, 0.2) is 0 Å². The number of carbonyl (C=O) groups is 1. The van der Waals surface area contributed by atoms with E-state index in [1.165, 1.54) is 11.3 Å². The molecule has 2 rings (SSSR count). The third-order valence-electron chi connectivity index (χ3n) is 1.57. The first kappa shape index (κ1) is 8.89. The van der Waals surface area contributed by atoms with E-state index in [-0.39, 0.29) is 5.89 Å². The number of thiophene rings is 1. The van der Waals surface area contributed by atoms with E-state index in [4.69, 9.17) is 5.11 Å². The molecule has 5 nitrogen and oxygen atoms in total. The molecule has 0 saturated heterocycles. The van der Waals surface area contributed by atoms with Crippen molar-refractivity contribution in [2.45, 2.75) is 6.92 Å². The molecule has 0 aromatic carbocycles. The average Bonchev–Trinajstić information content (AvgIpc) is 2.70. The van der Waals surface area contributed by atoms with Gasteiger partial charge in [-0.2, -0.15) is 4.98 Å². The minimum Gasteiger partial charge on any atom is -0.474 e. The van der Waals surface area contributed by atoms with Crippen molar-refractivity contribution in [2.24, 2.45) is 0 Å². The Morgan fingerprint density at radius 1 is 1.57 bits per heavy atom. The molecule has 14 heavy (non-hydrogen) atoms. The van der Waals surface area contributed by atoms with Crippen LogP contribution in [0.5, 0.6) is 0 Å². The maximum atomic E-state index is 10.5. The van der Waals surface area contributed by atoms with Crippen LogP contribution in [0.25, 0.3) is 10.7 Å². The van der Waals surface area contributed by atoms with Gasteiger partial charge in [0, 0.05) is 4.88 Å². The largest absolute Gasteiger partial charge is 0.474 e. The lowest BCUT2D eigenvalue weighted by atomic mass is 10.4. The molecule has 2 heterocycles. The molecule has 6 heteroatoms. The highest BCUT2D eigenvalue weighted by Gasteiger charge is 2.15. The lowest BCUT2D eigenvalue weighted by molar-refractivity contribution is 0.0643. The first-order valence-corrected chi connectivity index (χ1v) is 4.62. The van der Waals surface area contributed by atoms with E-state index in [0.29, 0.717) is 5.82 Å². The Morgan fingerprint density at radius 2 is 2.36 bits per heavy atom. The molecule has 0 fully saturated rings. The van der Waals surface area contributed by atoms with E-state index < -0.39 is 5.97 Å². The van der Waals surface area contributed by atoms with E-state index in [1.54, 1.807) is 0 Å². The van der Waals surface area contributed by atoms with Crippen molar-refractivity contribution in [2.75, 3.05) is 0 Å². The van der Waals surface area contributed by atoms with Gasteiger partial charge in [0.25, 0.3) is 0 Å². The second-order valence-corrected chi connectivity index (χ2v) is 3.93. The number of aryl methyl sites for hydroxylation is 1. The summed E-state index contributed by atoms with van der Waals surface area (Å²) >= 11 is 1.49. The number of aromatic nitrogens is 2.